The molecule has 0 radical (unpaired) electrons. The maximum atomic E-state index is 12.1. The van der Waals surface area contributed by atoms with Crippen molar-refractivity contribution in [2.75, 3.05) is 20.1 Å². The van der Waals surface area contributed by atoms with E-state index in [1.165, 1.54) is 0 Å². The van der Waals surface area contributed by atoms with Gasteiger partial charge in [-0.2, -0.15) is 0 Å². The standard InChI is InChI=1S/C14H27N3O3/c1-10(15)12(18)16(5)9-11-7-6-8-17(11)13(19)20-14(2,3)4/h10-11H,6-9,15H2,1-5H3/t10-,11?/m0/s1. The van der Waals surface area contributed by atoms with Crippen LogP contribution in [0.4, 0.5) is 4.79 Å². The Bertz CT molecular complexity index is 363. The smallest absolute Gasteiger partial charge is 0.410 e. The van der Waals surface area contributed by atoms with Gasteiger partial charge in [-0.3, -0.25) is 4.79 Å². The van der Waals surface area contributed by atoms with E-state index in [9.17, 15) is 9.59 Å². The van der Waals surface area contributed by atoms with Gasteiger partial charge in [-0.1, -0.05) is 0 Å². The summed E-state index contributed by atoms with van der Waals surface area (Å²) in [5.41, 5.74) is 5.09. The van der Waals surface area contributed by atoms with Gasteiger partial charge in [0.25, 0.3) is 0 Å². The number of rotatable bonds is 3. The lowest BCUT2D eigenvalue weighted by atomic mass is 10.2. The minimum atomic E-state index is -0.517. The molecule has 2 amide bonds. The van der Waals surface area contributed by atoms with Gasteiger partial charge in [-0.15, -0.1) is 0 Å². The van der Waals surface area contributed by atoms with Crippen LogP contribution in [0, 0.1) is 0 Å². The van der Waals surface area contributed by atoms with Crippen LogP contribution in [-0.4, -0.2) is 59.6 Å². The minimum Gasteiger partial charge on any atom is -0.444 e. The second-order valence-electron chi connectivity index (χ2n) is 6.48. The Kier molecular flexibility index (Phi) is 5.39. The molecule has 0 saturated carbocycles. The van der Waals surface area contributed by atoms with Crippen molar-refractivity contribution in [2.45, 2.75) is 58.2 Å². The van der Waals surface area contributed by atoms with Gasteiger partial charge >= 0.3 is 6.09 Å². The third-order valence-electron chi connectivity index (χ3n) is 3.26. The van der Waals surface area contributed by atoms with E-state index in [1.807, 2.05) is 20.8 Å². The number of hydrogen-bond acceptors (Lipinski definition) is 4. The van der Waals surface area contributed by atoms with Gasteiger partial charge in [-0.25, -0.2) is 4.79 Å². The Hall–Kier alpha value is -1.30. The molecular weight excluding hydrogens is 258 g/mol. The first kappa shape index (κ1) is 16.8. The van der Waals surface area contributed by atoms with E-state index >= 15 is 0 Å². The van der Waals surface area contributed by atoms with E-state index in [2.05, 4.69) is 0 Å². The molecule has 0 aromatic heterocycles. The Labute approximate surface area is 121 Å². The van der Waals surface area contributed by atoms with E-state index in [0.29, 0.717) is 13.1 Å². The summed E-state index contributed by atoms with van der Waals surface area (Å²) >= 11 is 0. The molecule has 116 valence electrons. The van der Waals surface area contributed by atoms with Crippen molar-refractivity contribution in [3.8, 4) is 0 Å². The van der Waals surface area contributed by atoms with E-state index in [1.54, 1.807) is 23.8 Å². The summed E-state index contributed by atoms with van der Waals surface area (Å²) in [5.74, 6) is -0.110. The van der Waals surface area contributed by atoms with Crippen LogP contribution in [0.5, 0.6) is 0 Å². The van der Waals surface area contributed by atoms with Crippen LogP contribution in [0.1, 0.15) is 40.5 Å². The molecule has 0 aromatic rings. The molecule has 2 N–H and O–H groups in total. The summed E-state index contributed by atoms with van der Waals surface area (Å²) in [6, 6.07) is -0.506. The molecule has 1 saturated heterocycles. The molecule has 1 aliphatic rings. The Morgan fingerprint density at radius 2 is 2.05 bits per heavy atom. The van der Waals surface area contributed by atoms with Crippen molar-refractivity contribution >= 4 is 12.0 Å². The first-order valence-electron chi connectivity index (χ1n) is 7.12. The van der Waals surface area contributed by atoms with Crippen LogP contribution < -0.4 is 5.73 Å². The Morgan fingerprint density at radius 1 is 1.45 bits per heavy atom. The lowest BCUT2D eigenvalue weighted by molar-refractivity contribution is -0.131. The summed E-state index contributed by atoms with van der Waals surface area (Å²) < 4.78 is 5.40. The lowest BCUT2D eigenvalue weighted by Crippen LogP contribution is -2.48. The molecule has 0 bridgehead atoms. The predicted molar refractivity (Wildman–Crippen MR) is 77.2 cm³/mol. The number of amides is 2. The first-order chi connectivity index (χ1) is 9.11. The number of nitrogens with two attached hydrogens (primary N) is 1. The van der Waals surface area contributed by atoms with E-state index < -0.39 is 11.6 Å². The van der Waals surface area contributed by atoms with E-state index in [0.717, 1.165) is 12.8 Å². The average molecular weight is 285 g/mol. The molecule has 0 aromatic carbocycles. The summed E-state index contributed by atoms with van der Waals surface area (Å²) in [5, 5.41) is 0. The fourth-order valence-electron chi connectivity index (χ4n) is 2.34. The molecule has 1 unspecified atom stereocenters. The molecule has 1 fully saturated rings. The largest absolute Gasteiger partial charge is 0.444 e. The van der Waals surface area contributed by atoms with Gasteiger partial charge in [0.05, 0.1) is 12.1 Å². The fourth-order valence-corrected chi connectivity index (χ4v) is 2.34. The SMILES string of the molecule is C[C@H](N)C(=O)N(C)CC1CCCN1C(=O)OC(C)(C)C. The van der Waals surface area contributed by atoms with Crippen molar-refractivity contribution in [1.29, 1.82) is 0 Å². The number of hydrogen-bond donors (Lipinski definition) is 1. The number of ether oxygens (including phenoxy) is 1. The van der Waals surface area contributed by atoms with Gasteiger partial charge in [-0.05, 0) is 40.5 Å². The number of likely N-dealkylation sites (N-methyl/N-ethyl adjacent to an activating group) is 1. The lowest BCUT2D eigenvalue weighted by Gasteiger charge is -2.31. The monoisotopic (exact) mass is 285 g/mol. The van der Waals surface area contributed by atoms with Crippen molar-refractivity contribution in [2.24, 2.45) is 5.73 Å². The second-order valence-corrected chi connectivity index (χ2v) is 6.48. The van der Waals surface area contributed by atoms with Crippen molar-refractivity contribution in [1.82, 2.24) is 9.80 Å². The molecule has 0 spiro atoms. The van der Waals surface area contributed by atoms with E-state index in [-0.39, 0.29) is 18.0 Å². The van der Waals surface area contributed by atoms with Gasteiger partial charge in [0.1, 0.15) is 5.60 Å². The minimum absolute atomic E-state index is 0.0116. The Morgan fingerprint density at radius 3 is 2.55 bits per heavy atom. The zero-order chi connectivity index (χ0) is 15.5. The van der Waals surface area contributed by atoms with Crippen molar-refractivity contribution < 1.29 is 14.3 Å². The summed E-state index contributed by atoms with van der Waals surface area (Å²) in [7, 11) is 1.72. The third kappa shape index (κ3) is 4.67. The Balaban J connectivity index is 2.61. The molecule has 6 nitrogen and oxygen atoms in total. The van der Waals surface area contributed by atoms with Gasteiger partial charge in [0, 0.05) is 20.1 Å². The predicted octanol–water partition coefficient (Wildman–Crippen LogP) is 1.19. The van der Waals surface area contributed by atoms with Gasteiger partial charge in [0.15, 0.2) is 0 Å². The number of nitrogens with zero attached hydrogens (tertiary/aromatic N) is 2. The second kappa shape index (κ2) is 6.43. The zero-order valence-corrected chi connectivity index (χ0v) is 13.2. The van der Waals surface area contributed by atoms with Crippen LogP contribution in [0.2, 0.25) is 0 Å². The summed E-state index contributed by atoms with van der Waals surface area (Å²) in [6.45, 7) is 8.39. The fraction of sp³-hybridized carbons (Fsp3) is 0.857. The molecule has 6 heteroatoms. The highest BCUT2D eigenvalue weighted by atomic mass is 16.6. The zero-order valence-electron chi connectivity index (χ0n) is 13.2. The van der Waals surface area contributed by atoms with Crippen LogP contribution in [0.25, 0.3) is 0 Å². The van der Waals surface area contributed by atoms with Crippen LogP contribution in [0.15, 0.2) is 0 Å². The summed E-state index contributed by atoms with van der Waals surface area (Å²) in [4.78, 5) is 27.2. The van der Waals surface area contributed by atoms with Crippen LogP contribution >= 0.6 is 0 Å². The summed E-state index contributed by atoms with van der Waals surface area (Å²) in [6.07, 6.45) is 1.52. The first-order valence-corrected chi connectivity index (χ1v) is 7.12. The van der Waals surface area contributed by atoms with Gasteiger partial charge < -0.3 is 20.3 Å². The number of likely N-dealkylation sites (tertiary alicyclic amines) is 1. The third-order valence-corrected chi connectivity index (χ3v) is 3.26. The van der Waals surface area contributed by atoms with Crippen molar-refractivity contribution in [3.63, 3.8) is 0 Å². The highest BCUT2D eigenvalue weighted by molar-refractivity contribution is 5.81. The average Bonchev–Trinajstić information content (AvgIpc) is 2.73. The molecule has 1 heterocycles. The topological polar surface area (TPSA) is 75.9 Å². The van der Waals surface area contributed by atoms with E-state index in [4.69, 9.17) is 10.5 Å². The molecule has 2 atom stereocenters. The normalized spacial score (nSPS) is 20.7. The van der Waals surface area contributed by atoms with Crippen LogP contribution in [0.3, 0.4) is 0 Å². The van der Waals surface area contributed by atoms with Crippen molar-refractivity contribution in [3.05, 3.63) is 0 Å². The van der Waals surface area contributed by atoms with Gasteiger partial charge in [0.2, 0.25) is 5.91 Å². The molecule has 0 aliphatic carbocycles. The molecule has 20 heavy (non-hydrogen) atoms. The maximum absolute atomic E-state index is 12.1. The molecular formula is C14H27N3O3. The highest BCUT2D eigenvalue weighted by Crippen LogP contribution is 2.21. The maximum Gasteiger partial charge on any atom is 0.410 e. The molecule has 1 aliphatic heterocycles. The number of carbonyl (C=O) groups excluding carboxylic acids is 2. The van der Waals surface area contributed by atoms with Crippen LogP contribution in [-0.2, 0) is 9.53 Å². The quantitative estimate of drug-likeness (QED) is 0.845. The molecule has 1 rings (SSSR count). The highest BCUT2D eigenvalue weighted by Gasteiger charge is 2.33. The number of carbonyl (C=O) groups is 2.